The summed E-state index contributed by atoms with van der Waals surface area (Å²) in [5, 5.41) is 0. The Labute approximate surface area is 163 Å². The average molecular weight is 374 g/mol. The molecule has 3 aliphatic heterocycles. The quantitative estimate of drug-likeness (QED) is 0.612. The molecule has 0 radical (unpaired) electrons. The summed E-state index contributed by atoms with van der Waals surface area (Å²) in [5.74, 6) is -1.45. The highest BCUT2D eigenvalue weighted by Crippen LogP contribution is 2.48. The number of hydrogen-bond acceptors (Lipinski definition) is 4. The fraction of sp³-hybridized carbons (Fsp3) is 0.348. The maximum Gasteiger partial charge on any atom is 0.239 e. The summed E-state index contributed by atoms with van der Waals surface area (Å²) in [6.45, 7) is 2.74. The Morgan fingerprint density at radius 2 is 1.61 bits per heavy atom. The minimum atomic E-state index is -0.591. The molecule has 0 N–H and O–H groups in total. The van der Waals surface area contributed by atoms with E-state index in [0.29, 0.717) is 11.3 Å². The lowest BCUT2D eigenvalue weighted by Gasteiger charge is -2.27. The predicted octanol–water partition coefficient (Wildman–Crippen LogP) is 2.83. The first kappa shape index (κ1) is 17.3. The van der Waals surface area contributed by atoms with E-state index in [4.69, 9.17) is 0 Å². The zero-order chi connectivity index (χ0) is 19.4. The summed E-state index contributed by atoms with van der Waals surface area (Å²) >= 11 is 0. The molecule has 3 saturated heterocycles. The highest BCUT2D eigenvalue weighted by atomic mass is 16.2. The molecule has 5 rings (SSSR count). The number of ketones is 1. The number of rotatable bonds is 3. The molecule has 0 aromatic heterocycles. The third kappa shape index (κ3) is 2.39. The second-order valence-electron chi connectivity index (χ2n) is 8.02. The van der Waals surface area contributed by atoms with E-state index in [9.17, 15) is 14.4 Å². The molecule has 3 fully saturated rings. The van der Waals surface area contributed by atoms with Crippen molar-refractivity contribution < 1.29 is 14.4 Å². The van der Waals surface area contributed by atoms with Crippen LogP contribution in [0.25, 0.3) is 0 Å². The summed E-state index contributed by atoms with van der Waals surface area (Å²) in [7, 11) is 0. The van der Waals surface area contributed by atoms with Gasteiger partial charge in [0.15, 0.2) is 5.78 Å². The smallest absolute Gasteiger partial charge is 0.239 e. The van der Waals surface area contributed by atoms with Gasteiger partial charge in [-0.05, 0) is 38.4 Å². The number of aryl methyl sites for hydroxylation is 1. The largest absolute Gasteiger partial charge is 0.292 e. The molecule has 5 nitrogen and oxygen atoms in total. The van der Waals surface area contributed by atoms with Crippen LogP contribution in [0.3, 0.4) is 0 Å². The predicted molar refractivity (Wildman–Crippen MR) is 105 cm³/mol. The molecule has 0 spiro atoms. The van der Waals surface area contributed by atoms with Crippen LogP contribution in [0.2, 0.25) is 0 Å². The molecule has 0 unspecified atom stereocenters. The van der Waals surface area contributed by atoms with Crippen molar-refractivity contribution in [3.05, 3.63) is 65.7 Å². The minimum absolute atomic E-state index is 0.0189. The number of carbonyl (C=O) groups excluding carboxylic acids is 3. The third-order valence-electron chi connectivity index (χ3n) is 6.47. The van der Waals surface area contributed by atoms with Crippen LogP contribution in [0.15, 0.2) is 54.6 Å². The number of imide groups is 1. The van der Waals surface area contributed by atoms with Gasteiger partial charge in [0.05, 0.1) is 23.6 Å². The topological polar surface area (TPSA) is 57.7 Å². The number of benzene rings is 2. The van der Waals surface area contributed by atoms with E-state index in [-0.39, 0.29) is 23.6 Å². The number of fused-ring (bicyclic) bond motifs is 3. The molecule has 0 saturated carbocycles. The zero-order valence-corrected chi connectivity index (χ0v) is 15.7. The molecule has 2 aromatic rings. The van der Waals surface area contributed by atoms with Crippen LogP contribution >= 0.6 is 0 Å². The van der Waals surface area contributed by atoms with Gasteiger partial charge in [0.2, 0.25) is 11.8 Å². The highest BCUT2D eigenvalue weighted by molar-refractivity contribution is 6.24. The molecular weight excluding hydrogens is 352 g/mol. The lowest BCUT2D eigenvalue weighted by Crippen LogP contribution is -2.46. The number of anilines is 1. The van der Waals surface area contributed by atoms with E-state index < -0.39 is 17.9 Å². The first-order valence-electron chi connectivity index (χ1n) is 9.87. The molecule has 2 amide bonds. The van der Waals surface area contributed by atoms with E-state index in [1.807, 2.05) is 49.4 Å². The molecule has 142 valence electrons. The Kier molecular flexibility index (Phi) is 3.95. The number of hydrogen-bond donors (Lipinski definition) is 0. The molecule has 0 bridgehead atoms. The normalized spacial score (nSPS) is 29.2. The highest BCUT2D eigenvalue weighted by Gasteiger charge is 2.64. The maximum absolute atomic E-state index is 13.4. The molecule has 3 heterocycles. The summed E-state index contributed by atoms with van der Waals surface area (Å²) in [5.41, 5.74) is 2.28. The Bertz CT molecular complexity index is 954. The zero-order valence-electron chi connectivity index (χ0n) is 15.7. The number of Topliss-reactive ketones (excluding diaryl/α,β-unsaturated/α-hetero) is 1. The van der Waals surface area contributed by atoms with E-state index in [1.54, 1.807) is 12.1 Å². The van der Waals surface area contributed by atoms with Gasteiger partial charge in [-0.2, -0.15) is 0 Å². The Balaban J connectivity index is 1.55. The summed E-state index contributed by atoms with van der Waals surface area (Å²) in [6, 6.07) is 16.0. The maximum atomic E-state index is 13.4. The van der Waals surface area contributed by atoms with Crippen molar-refractivity contribution in [3.8, 4) is 0 Å². The van der Waals surface area contributed by atoms with Gasteiger partial charge in [-0.3, -0.25) is 19.3 Å². The van der Waals surface area contributed by atoms with Gasteiger partial charge >= 0.3 is 0 Å². The molecule has 28 heavy (non-hydrogen) atoms. The third-order valence-corrected chi connectivity index (χ3v) is 6.47. The average Bonchev–Trinajstić information content (AvgIpc) is 3.35. The summed E-state index contributed by atoms with van der Waals surface area (Å²) < 4.78 is 0. The van der Waals surface area contributed by atoms with Gasteiger partial charge in [0.25, 0.3) is 0 Å². The fourth-order valence-corrected chi connectivity index (χ4v) is 5.24. The van der Waals surface area contributed by atoms with Crippen molar-refractivity contribution in [2.24, 2.45) is 11.8 Å². The van der Waals surface area contributed by atoms with Gasteiger partial charge in [-0.15, -0.1) is 0 Å². The van der Waals surface area contributed by atoms with Gasteiger partial charge < -0.3 is 0 Å². The molecule has 5 heteroatoms. The Morgan fingerprint density at radius 3 is 2.32 bits per heavy atom. The second kappa shape index (κ2) is 6.38. The Morgan fingerprint density at radius 1 is 0.929 bits per heavy atom. The molecule has 3 aliphatic rings. The van der Waals surface area contributed by atoms with Gasteiger partial charge in [0.1, 0.15) is 0 Å². The van der Waals surface area contributed by atoms with Crippen LogP contribution in [-0.2, 0) is 9.59 Å². The van der Waals surface area contributed by atoms with E-state index >= 15 is 0 Å². The minimum Gasteiger partial charge on any atom is -0.292 e. The summed E-state index contributed by atoms with van der Waals surface area (Å²) in [4.78, 5) is 43.5. The first-order chi connectivity index (χ1) is 13.6. The van der Waals surface area contributed by atoms with Crippen LogP contribution in [0.4, 0.5) is 5.69 Å². The SMILES string of the molecule is Cc1ccc(N2C(=O)[C@@H]3[C@H](C2=O)[C@@H]2CCCN2[C@@H]3C(=O)c2ccccc2)cc1. The van der Waals surface area contributed by atoms with Crippen LogP contribution in [0.5, 0.6) is 0 Å². The van der Waals surface area contributed by atoms with Crippen molar-refractivity contribution in [1.29, 1.82) is 0 Å². The molecular formula is C23H22N2O3. The number of nitrogens with zero attached hydrogens (tertiary/aromatic N) is 2. The molecule has 0 aliphatic carbocycles. The van der Waals surface area contributed by atoms with Crippen LogP contribution < -0.4 is 4.90 Å². The van der Waals surface area contributed by atoms with Crippen molar-refractivity contribution in [1.82, 2.24) is 4.90 Å². The van der Waals surface area contributed by atoms with Crippen molar-refractivity contribution in [3.63, 3.8) is 0 Å². The van der Waals surface area contributed by atoms with Gasteiger partial charge in [-0.25, -0.2) is 4.90 Å². The van der Waals surface area contributed by atoms with E-state index in [2.05, 4.69) is 4.90 Å². The lowest BCUT2D eigenvalue weighted by molar-refractivity contribution is -0.123. The van der Waals surface area contributed by atoms with Crippen molar-refractivity contribution in [2.45, 2.75) is 31.8 Å². The van der Waals surface area contributed by atoms with Crippen molar-refractivity contribution >= 4 is 23.3 Å². The first-order valence-corrected chi connectivity index (χ1v) is 9.87. The van der Waals surface area contributed by atoms with Crippen molar-refractivity contribution in [2.75, 3.05) is 11.4 Å². The fourth-order valence-electron chi connectivity index (χ4n) is 5.24. The van der Waals surface area contributed by atoms with Gasteiger partial charge in [0, 0.05) is 11.6 Å². The standard InChI is InChI=1S/C23H22N2O3/c1-14-9-11-16(12-10-14)25-22(27)18-17-8-5-13-24(17)20(19(18)23(25)28)21(26)15-6-3-2-4-7-15/h2-4,6-7,9-12,17-20H,5,8,13H2,1H3/t17-,18+,19+,20-/m0/s1. The van der Waals surface area contributed by atoms with Crippen LogP contribution in [0, 0.1) is 18.8 Å². The number of amides is 2. The lowest BCUT2D eigenvalue weighted by atomic mass is 9.85. The Hall–Kier alpha value is -2.79. The number of carbonyl (C=O) groups is 3. The van der Waals surface area contributed by atoms with Crippen LogP contribution in [0.1, 0.15) is 28.8 Å². The monoisotopic (exact) mass is 374 g/mol. The van der Waals surface area contributed by atoms with Crippen LogP contribution in [-0.4, -0.2) is 41.1 Å². The summed E-state index contributed by atoms with van der Waals surface area (Å²) in [6.07, 6.45) is 1.82. The van der Waals surface area contributed by atoms with E-state index in [1.165, 1.54) is 4.90 Å². The molecule has 4 atom stereocenters. The second-order valence-corrected chi connectivity index (χ2v) is 8.02. The van der Waals surface area contributed by atoms with Gasteiger partial charge in [-0.1, -0.05) is 48.0 Å². The van der Waals surface area contributed by atoms with E-state index in [0.717, 1.165) is 24.9 Å². The molecule has 2 aromatic carbocycles.